The Morgan fingerprint density at radius 2 is 1.75 bits per heavy atom. The summed E-state index contributed by atoms with van der Waals surface area (Å²) in [4.78, 5) is 49.7. The lowest BCUT2D eigenvalue weighted by atomic mass is 10.1. The normalized spacial score (nSPS) is 16.0. The highest BCUT2D eigenvalue weighted by Gasteiger charge is 2.36. The van der Waals surface area contributed by atoms with Crippen LogP contribution in [-0.4, -0.2) is 36.8 Å². The predicted octanol–water partition coefficient (Wildman–Crippen LogP) is 1.85. The van der Waals surface area contributed by atoms with Crippen LogP contribution in [0, 0.1) is 12.8 Å². The monoisotopic (exact) mass is 380 g/mol. The molecule has 1 N–H and O–H groups in total. The van der Waals surface area contributed by atoms with Crippen LogP contribution in [0.4, 0.5) is 5.69 Å². The summed E-state index contributed by atoms with van der Waals surface area (Å²) in [5.41, 5.74) is 2.12. The number of nitrogens with zero attached hydrogens (tertiary/aromatic N) is 1. The van der Waals surface area contributed by atoms with Gasteiger partial charge in [-0.1, -0.05) is 35.9 Å². The maximum absolute atomic E-state index is 12.2. The van der Waals surface area contributed by atoms with Crippen molar-refractivity contribution in [2.75, 3.05) is 18.1 Å². The van der Waals surface area contributed by atoms with Gasteiger partial charge in [-0.05, 0) is 31.2 Å². The molecule has 3 amide bonds. The van der Waals surface area contributed by atoms with Gasteiger partial charge < -0.3 is 9.64 Å². The molecule has 1 saturated heterocycles. The van der Waals surface area contributed by atoms with E-state index in [-0.39, 0.29) is 18.9 Å². The topological polar surface area (TPSA) is 92.8 Å². The number of carbonyl (C=O) groups is 4. The van der Waals surface area contributed by atoms with Gasteiger partial charge in [-0.25, -0.2) is 0 Å². The minimum absolute atomic E-state index is 0.0251. The van der Waals surface area contributed by atoms with E-state index in [4.69, 9.17) is 4.74 Å². The van der Waals surface area contributed by atoms with Crippen LogP contribution in [0.25, 0.3) is 0 Å². The largest absolute Gasteiger partial charge is 0.455 e. The van der Waals surface area contributed by atoms with Gasteiger partial charge in [-0.3, -0.25) is 24.5 Å². The van der Waals surface area contributed by atoms with Crippen molar-refractivity contribution in [3.8, 4) is 0 Å². The molecule has 1 heterocycles. The third kappa shape index (κ3) is 4.62. The molecule has 1 atom stereocenters. The van der Waals surface area contributed by atoms with Gasteiger partial charge in [-0.15, -0.1) is 0 Å². The lowest BCUT2D eigenvalue weighted by Gasteiger charge is -2.16. The van der Waals surface area contributed by atoms with Crippen LogP contribution in [0.15, 0.2) is 54.6 Å². The van der Waals surface area contributed by atoms with Crippen molar-refractivity contribution in [3.05, 3.63) is 65.7 Å². The zero-order chi connectivity index (χ0) is 20.1. The summed E-state index contributed by atoms with van der Waals surface area (Å²) in [7, 11) is 0. The number of aryl methyl sites for hydroxylation is 1. The predicted molar refractivity (Wildman–Crippen MR) is 102 cm³/mol. The number of benzene rings is 2. The highest BCUT2D eigenvalue weighted by atomic mass is 16.5. The van der Waals surface area contributed by atoms with E-state index in [1.54, 1.807) is 30.3 Å². The molecule has 1 aliphatic heterocycles. The fourth-order valence-electron chi connectivity index (χ4n) is 2.92. The Kier molecular flexibility index (Phi) is 5.84. The Bertz CT molecular complexity index is 893. The second-order valence-electron chi connectivity index (χ2n) is 6.59. The van der Waals surface area contributed by atoms with E-state index >= 15 is 0 Å². The van der Waals surface area contributed by atoms with Crippen LogP contribution in [0.3, 0.4) is 0 Å². The first-order chi connectivity index (χ1) is 13.4. The van der Waals surface area contributed by atoms with E-state index in [1.165, 1.54) is 4.90 Å². The van der Waals surface area contributed by atoms with Crippen LogP contribution in [0.1, 0.15) is 22.3 Å². The third-order valence-corrected chi connectivity index (χ3v) is 4.44. The molecule has 2 aromatic rings. The SMILES string of the molecule is Cc1ccc(N2C[C@H](C(=O)OCC(=O)NC(=O)c3ccccc3)CC2=O)cc1. The molecule has 144 valence electrons. The number of hydrogen-bond acceptors (Lipinski definition) is 5. The Morgan fingerprint density at radius 3 is 2.43 bits per heavy atom. The van der Waals surface area contributed by atoms with Gasteiger partial charge >= 0.3 is 5.97 Å². The summed E-state index contributed by atoms with van der Waals surface area (Å²) in [6.45, 7) is 1.57. The molecule has 7 heteroatoms. The Balaban J connectivity index is 1.50. The number of carbonyl (C=O) groups excluding carboxylic acids is 4. The number of rotatable bonds is 5. The molecular weight excluding hydrogens is 360 g/mol. The number of nitrogens with one attached hydrogen (secondary N) is 1. The fraction of sp³-hybridized carbons (Fsp3) is 0.238. The third-order valence-electron chi connectivity index (χ3n) is 4.44. The van der Waals surface area contributed by atoms with Gasteiger partial charge in [0.2, 0.25) is 5.91 Å². The van der Waals surface area contributed by atoms with Crippen molar-refractivity contribution in [1.82, 2.24) is 5.32 Å². The van der Waals surface area contributed by atoms with Gasteiger partial charge in [0.1, 0.15) is 0 Å². The van der Waals surface area contributed by atoms with Gasteiger partial charge in [0, 0.05) is 24.2 Å². The van der Waals surface area contributed by atoms with Gasteiger partial charge in [0.15, 0.2) is 6.61 Å². The first kappa shape index (κ1) is 19.3. The second-order valence-corrected chi connectivity index (χ2v) is 6.59. The molecule has 0 unspecified atom stereocenters. The number of amides is 3. The molecular formula is C21H20N2O5. The van der Waals surface area contributed by atoms with Crippen LogP contribution < -0.4 is 10.2 Å². The molecule has 0 spiro atoms. The summed E-state index contributed by atoms with van der Waals surface area (Å²) in [6.07, 6.45) is 0.0251. The standard InChI is InChI=1S/C21H20N2O5/c1-14-7-9-17(10-8-14)23-12-16(11-19(23)25)21(27)28-13-18(24)22-20(26)15-5-3-2-4-6-15/h2-10,16H,11-13H2,1H3,(H,22,24,26)/t16-/m1/s1. The summed E-state index contributed by atoms with van der Waals surface area (Å²) >= 11 is 0. The van der Waals surface area contributed by atoms with E-state index in [0.717, 1.165) is 11.3 Å². The van der Waals surface area contributed by atoms with Crippen LogP contribution in [0.2, 0.25) is 0 Å². The molecule has 0 radical (unpaired) electrons. The van der Waals surface area contributed by atoms with Crippen LogP contribution in [-0.2, 0) is 19.1 Å². The summed E-state index contributed by atoms with van der Waals surface area (Å²) in [5, 5.41) is 2.16. The number of ether oxygens (including phenoxy) is 1. The van der Waals surface area contributed by atoms with Crippen molar-refractivity contribution >= 4 is 29.4 Å². The second kappa shape index (κ2) is 8.47. The Morgan fingerprint density at radius 1 is 1.07 bits per heavy atom. The summed E-state index contributed by atoms with van der Waals surface area (Å²) in [5.74, 6) is -2.74. The van der Waals surface area contributed by atoms with Gasteiger partial charge in [0.05, 0.1) is 5.92 Å². The van der Waals surface area contributed by atoms with E-state index in [2.05, 4.69) is 5.32 Å². The number of esters is 1. The maximum atomic E-state index is 12.2. The smallest absolute Gasteiger partial charge is 0.311 e. The van der Waals surface area contributed by atoms with E-state index in [9.17, 15) is 19.2 Å². The molecule has 7 nitrogen and oxygen atoms in total. The van der Waals surface area contributed by atoms with Crippen molar-refractivity contribution in [2.45, 2.75) is 13.3 Å². The van der Waals surface area contributed by atoms with Crippen molar-refractivity contribution in [3.63, 3.8) is 0 Å². The highest BCUT2D eigenvalue weighted by molar-refractivity contribution is 6.05. The Hall–Kier alpha value is -3.48. The maximum Gasteiger partial charge on any atom is 0.311 e. The van der Waals surface area contributed by atoms with Crippen molar-refractivity contribution in [2.24, 2.45) is 5.92 Å². The van der Waals surface area contributed by atoms with E-state index in [1.807, 2.05) is 31.2 Å². The number of anilines is 1. The minimum Gasteiger partial charge on any atom is -0.455 e. The average molecular weight is 380 g/mol. The lowest BCUT2D eigenvalue weighted by Crippen LogP contribution is -2.35. The van der Waals surface area contributed by atoms with Crippen molar-refractivity contribution < 1.29 is 23.9 Å². The first-order valence-electron chi connectivity index (χ1n) is 8.87. The molecule has 3 rings (SSSR count). The molecule has 1 fully saturated rings. The molecule has 0 aliphatic carbocycles. The molecule has 0 saturated carbocycles. The Labute approximate surface area is 162 Å². The number of hydrogen-bond donors (Lipinski definition) is 1. The number of imide groups is 1. The zero-order valence-electron chi connectivity index (χ0n) is 15.4. The van der Waals surface area contributed by atoms with Gasteiger partial charge in [0.25, 0.3) is 11.8 Å². The van der Waals surface area contributed by atoms with Gasteiger partial charge in [-0.2, -0.15) is 0 Å². The lowest BCUT2D eigenvalue weighted by molar-refractivity contribution is -0.152. The van der Waals surface area contributed by atoms with Crippen molar-refractivity contribution in [1.29, 1.82) is 0 Å². The molecule has 28 heavy (non-hydrogen) atoms. The van der Waals surface area contributed by atoms with E-state index in [0.29, 0.717) is 5.56 Å². The molecule has 2 aromatic carbocycles. The van der Waals surface area contributed by atoms with E-state index < -0.39 is 30.3 Å². The molecule has 0 bridgehead atoms. The summed E-state index contributed by atoms with van der Waals surface area (Å²) < 4.78 is 4.99. The minimum atomic E-state index is -0.720. The van der Waals surface area contributed by atoms with Crippen LogP contribution >= 0.6 is 0 Å². The summed E-state index contributed by atoms with van der Waals surface area (Å²) in [6, 6.07) is 15.7. The fourth-order valence-corrected chi connectivity index (χ4v) is 2.92. The van der Waals surface area contributed by atoms with Crippen LogP contribution in [0.5, 0.6) is 0 Å². The molecule has 1 aliphatic rings. The zero-order valence-corrected chi connectivity index (χ0v) is 15.4. The first-order valence-corrected chi connectivity index (χ1v) is 8.87. The highest BCUT2D eigenvalue weighted by Crippen LogP contribution is 2.26. The molecule has 0 aromatic heterocycles. The average Bonchev–Trinajstić information content (AvgIpc) is 3.09. The quantitative estimate of drug-likeness (QED) is 0.799.